The molecule has 2 amide bonds. The van der Waals surface area contributed by atoms with Crippen LogP contribution in [0.3, 0.4) is 0 Å². The molecule has 212 valence electrons. The number of hydrogen-bond acceptors (Lipinski definition) is 4. The molecule has 1 unspecified atom stereocenters. The van der Waals surface area contributed by atoms with E-state index in [4.69, 9.17) is 0 Å². The molecule has 3 aromatic carbocycles. The summed E-state index contributed by atoms with van der Waals surface area (Å²) >= 11 is 0. The van der Waals surface area contributed by atoms with Crippen molar-refractivity contribution in [1.29, 1.82) is 0 Å². The summed E-state index contributed by atoms with van der Waals surface area (Å²) in [6.45, 7) is 5.01. The molecule has 0 aliphatic heterocycles. The van der Waals surface area contributed by atoms with E-state index in [0.717, 1.165) is 58.8 Å². The Morgan fingerprint density at radius 1 is 0.950 bits per heavy atom. The van der Waals surface area contributed by atoms with Crippen molar-refractivity contribution in [3.05, 3.63) is 95.3 Å². The van der Waals surface area contributed by atoms with Crippen LogP contribution in [0.15, 0.2) is 77.7 Å². The third kappa shape index (κ3) is 7.07. The third-order valence-electron chi connectivity index (χ3n) is 7.31. The summed E-state index contributed by atoms with van der Waals surface area (Å²) in [7, 11) is -4.19. The molecule has 4 rings (SSSR count). The maximum atomic E-state index is 14.0. The average Bonchev–Trinajstić information content (AvgIpc) is 3.44. The van der Waals surface area contributed by atoms with E-state index in [9.17, 15) is 22.4 Å². The first-order valence-electron chi connectivity index (χ1n) is 13.5. The Hall–Kier alpha value is -3.72. The summed E-state index contributed by atoms with van der Waals surface area (Å²) in [5, 5.41) is 3.06. The molecule has 1 aliphatic carbocycles. The van der Waals surface area contributed by atoms with Crippen molar-refractivity contribution in [3.63, 3.8) is 0 Å². The van der Waals surface area contributed by atoms with Crippen LogP contribution in [-0.4, -0.2) is 43.8 Å². The van der Waals surface area contributed by atoms with Gasteiger partial charge in [0.25, 0.3) is 10.0 Å². The van der Waals surface area contributed by atoms with Crippen LogP contribution in [0.5, 0.6) is 0 Å². The van der Waals surface area contributed by atoms with Crippen LogP contribution in [0.4, 0.5) is 10.1 Å². The van der Waals surface area contributed by atoms with Gasteiger partial charge < -0.3 is 10.2 Å². The zero-order valence-corrected chi connectivity index (χ0v) is 24.0. The number of carbonyl (C=O) groups excluding carboxylic acids is 2. The lowest BCUT2D eigenvalue weighted by molar-refractivity contribution is -0.139. The number of anilines is 1. The van der Waals surface area contributed by atoms with Gasteiger partial charge in [-0.3, -0.25) is 13.9 Å². The van der Waals surface area contributed by atoms with Gasteiger partial charge in [-0.05, 0) is 75.6 Å². The van der Waals surface area contributed by atoms with E-state index in [2.05, 4.69) is 5.32 Å². The summed E-state index contributed by atoms with van der Waals surface area (Å²) in [5.41, 5.74) is 2.86. The van der Waals surface area contributed by atoms with Gasteiger partial charge in [-0.15, -0.1) is 0 Å². The second-order valence-electron chi connectivity index (χ2n) is 10.5. The molecule has 40 heavy (non-hydrogen) atoms. The van der Waals surface area contributed by atoms with E-state index in [1.807, 2.05) is 38.1 Å². The van der Waals surface area contributed by atoms with Crippen LogP contribution in [0, 0.1) is 19.7 Å². The third-order valence-corrected chi connectivity index (χ3v) is 9.09. The zero-order chi connectivity index (χ0) is 28.9. The number of hydrogen-bond donors (Lipinski definition) is 1. The second-order valence-corrected chi connectivity index (χ2v) is 12.3. The minimum Gasteiger partial charge on any atom is -0.352 e. The van der Waals surface area contributed by atoms with Crippen LogP contribution >= 0.6 is 0 Å². The van der Waals surface area contributed by atoms with Crippen molar-refractivity contribution in [2.75, 3.05) is 10.8 Å². The Balaban J connectivity index is 1.68. The van der Waals surface area contributed by atoms with E-state index in [1.165, 1.54) is 29.2 Å². The van der Waals surface area contributed by atoms with Crippen LogP contribution in [0.2, 0.25) is 0 Å². The zero-order valence-electron chi connectivity index (χ0n) is 23.1. The summed E-state index contributed by atoms with van der Waals surface area (Å²) in [5.74, 6) is -1.35. The number of nitrogens with one attached hydrogen (secondary N) is 1. The fourth-order valence-corrected chi connectivity index (χ4v) is 6.37. The number of nitrogens with zero attached hydrogens (tertiary/aromatic N) is 2. The standard InChI is InChI=1S/C31H36FN3O4S/c1-22-11-17-29(18-12-22)40(38,39)35(28-15-13-26(32)14-16-28)21-30(36)34(20-25-8-6-7-23(2)19-25)24(3)31(37)33-27-9-4-5-10-27/h6-8,11-19,24,27H,4-5,9-10,20-21H2,1-3H3,(H,33,37). The quantitative estimate of drug-likeness (QED) is 0.370. The molecular formula is C31H36FN3O4S. The molecule has 9 heteroatoms. The minimum atomic E-state index is -4.19. The first-order chi connectivity index (χ1) is 19.0. The number of rotatable bonds is 10. The lowest BCUT2D eigenvalue weighted by Gasteiger charge is -2.32. The van der Waals surface area contributed by atoms with Crippen molar-refractivity contribution < 1.29 is 22.4 Å². The first-order valence-corrected chi connectivity index (χ1v) is 15.0. The topological polar surface area (TPSA) is 86.8 Å². The maximum Gasteiger partial charge on any atom is 0.264 e. The van der Waals surface area contributed by atoms with Crippen LogP contribution in [0.25, 0.3) is 0 Å². The van der Waals surface area contributed by atoms with E-state index in [0.29, 0.717) is 0 Å². The predicted octanol–water partition coefficient (Wildman–Crippen LogP) is 5.11. The molecule has 1 saturated carbocycles. The molecule has 1 fully saturated rings. The number of carbonyl (C=O) groups is 2. The van der Waals surface area contributed by atoms with E-state index in [-0.39, 0.29) is 29.1 Å². The van der Waals surface area contributed by atoms with Crippen molar-refractivity contribution >= 4 is 27.5 Å². The van der Waals surface area contributed by atoms with Crippen molar-refractivity contribution in [3.8, 4) is 0 Å². The molecule has 1 N–H and O–H groups in total. The molecule has 1 aliphatic rings. The second kappa shape index (κ2) is 12.6. The number of aryl methyl sites for hydroxylation is 2. The summed E-state index contributed by atoms with van der Waals surface area (Å²) in [6.07, 6.45) is 3.90. The van der Waals surface area contributed by atoms with Gasteiger partial charge in [-0.25, -0.2) is 12.8 Å². The van der Waals surface area contributed by atoms with E-state index in [1.54, 1.807) is 19.1 Å². The Bertz CT molecular complexity index is 1440. The van der Waals surface area contributed by atoms with Crippen LogP contribution < -0.4 is 9.62 Å². The van der Waals surface area contributed by atoms with Crippen molar-refractivity contribution in [2.24, 2.45) is 0 Å². The summed E-state index contributed by atoms with van der Waals surface area (Å²) in [4.78, 5) is 28.7. The highest BCUT2D eigenvalue weighted by molar-refractivity contribution is 7.92. The lowest BCUT2D eigenvalue weighted by atomic mass is 10.1. The van der Waals surface area contributed by atoms with Gasteiger partial charge in [-0.1, -0.05) is 60.4 Å². The highest BCUT2D eigenvalue weighted by Crippen LogP contribution is 2.25. The first kappa shape index (κ1) is 29.3. The molecule has 7 nitrogen and oxygen atoms in total. The number of amides is 2. The molecule has 3 aromatic rings. The minimum absolute atomic E-state index is 0.00693. The smallest absolute Gasteiger partial charge is 0.264 e. The van der Waals surface area contributed by atoms with Gasteiger partial charge in [0.2, 0.25) is 11.8 Å². The van der Waals surface area contributed by atoms with Gasteiger partial charge in [0, 0.05) is 12.6 Å². The van der Waals surface area contributed by atoms with Crippen molar-refractivity contribution in [2.45, 2.75) is 70.0 Å². The van der Waals surface area contributed by atoms with Crippen LogP contribution in [-0.2, 0) is 26.2 Å². The Labute approximate surface area is 236 Å². The maximum absolute atomic E-state index is 14.0. The fraction of sp³-hybridized carbons (Fsp3) is 0.355. The van der Waals surface area contributed by atoms with Crippen LogP contribution in [0.1, 0.15) is 49.3 Å². The molecule has 0 heterocycles. The van der Waals surface area contributed by atoms with E-state index >= 15 is 0 Å². The molecule has 0 saturated heterocycles. The highest BCUT2D eigenvalue weighted by Gasteiger charge is 2.33. The summed E-state index contributed by atoms with van der Waals surface area (Å²) in [6, 6.07) is 18.1. The molecule has 0 bridgehead atoms. The Morgan fingerprint density at radius 3 is 2.23 bits per heavy atom. The molecular weight excluding hydrogens is 529 g/mol. The average molecular weight is 566 g/mol. The lowest BCUT2D eigenvalue weighted by Crippen LogP contribution is -2.52. The monoisotopic (exact) mass is 565 g/mol. The number of sulfonamides is 1. The molecule has 0 aromatic heterocycles. The van der Waals surface area contributed by atoms with Crippen molar-refractivity contribution in [1.82, 2.24) is 10.2 Å². The summed E-state index contributed by atoms with van der Waals surface area (Å²) < 4.78 is 42.3. The number of benzene rings is 3. The molecule has 1 atom stereocenters. The van der Waals surface area contributed by atoms with Gasteiger partial charge in [-0.2, -0.15) is 0 Å². The normalized spacial score (nSPS) is 14.5. The van der Waals surface area contributed by atoms with Gasteiger partial charge in [0.1, 0.15) is 18.4 Å². The Kier molecular flexibility index (Phi) is 9.25. The number of halogens is 1. The van der Waals surface area contributed by atoms with Gasteiger partial charge >= 0.3 is 0 Å². The van der Waals surface area contributed by atoms with Gasteiger partial charge in [0.05, 0.1) is 10.6 Å². The fourth-order valence-electron chi connectivity index (χ4n) is 4.96. The molecule has 0 radical (unpaired) electrons. The van der Waals surface area contributed by atoms with Gasteiger partial charge in [0.15, 0.2) is 0 Å². The van der Waals surface area contributed by atoms with E-state index < -0.39 is 34.3 Å². The molecule has 0 spiro atoms. The Morgan fingerprint density at radius 2 is 1.60 bits per heavy atom. The highest BCUT2D eigenvalue weighted by atomic mass is 32.2. The largest absolute Gasteiger partial charge is 0.352 e. The predicted molar refractivity (Wildman–Crippen MR) is 154 cm³/mol. The SMILES string of the molecule is Cc1ccc(S(=O)(=O)N(CC(=O)N(Cc2cccc(C)c2)C(C)C(=O)NC2CCCC2)c2ccc(F)cc2)cc1.